The summed E-state index contributed by atoms with van der Waals surface area (Å²) < 4.78 is 11.3. The molecule has 7 heteroatoms. The number of aromatic nitrogens is 2. The first-order chi connectivity index (χ1) is 13.7. The van der Waals surface area contributed by atoms with Crippen LogP contribution in [0.2, 0.25) is 0 Å². The summed E-state index contributed by atoms with van der Waals surface area (Å²) in [6.07, 6.45) is 5.08. The quantitative estimate of drug-likeness (QED) is 0.625. The molecule has 0 spiro atoms. The van der Waals surface area contributed by atoms with Crippen molar-refractivity contribution in [1.82, 2.24) is 20.6 Å². The molecule has 0 fully saturated rings. The van der Waals surface area contributed by atoms with E-state index in [2.05, 4.69) is 20.6 Å². The number of hydrogen-bond donors (Lipinski definition) is 2. The first-order valence-electron chi connectivity index (χ1n) is 9.00. The van der Waals surface area contributed by atoms with Crippen molar-refractivity contribution in [2.24, 2.45) is 0 Å². The zero-order valence-corrected chi connectivity index (χ0v) is 15.6. The molecule has 0 atom stereocenters. The fraction of sp³-hybridized carbons (Fsp3) is 0.190. The van der Waals surface area contributed by atoms with Crippen LogP contribution in [-0.4, -0.2) is 22.6 Å². The van der Waals surface area contributed by atoms with Gasteiger partial charge in [0.2, 0.25) is 5.88 Å². The summed E-state index contributed by atoms with van der Waals surface area (Å²) in [6.45, 7) is 3.26. The van der Waals surface area contributed by atoms with Gasteiger partial charge >= 0.3 is 6.03 Å². The van der Waals surface area contributed by atoms with E-state index in [0.717, 1.165) is 11.1 Å². The molecule has 3 rings (SSSR count). The largest absolute Gasteiger partial charge is 0.490 e. The number of nitrogens with zero attached hydrogens (tertiary/aromatic N) is 2. The van der Waals surface area contributed by atoms with Crippen LogP contribution in [0.5, 0.6) is 17.4 Å². The number of rotatable bonds is 8. The number of nitrogens with one attached hydrogen (secondary N) is 2. The Morgan fingerprint density at radius 3 is 2.32 bits per heavy atom. The summed E-state index contributed by atoms with van der Waals surface area (Å²) in [6, 6.07) is 14.5. The summed E-state index contributed by atoms with van der Waals surface area (Å²) in [7, 11) is 0. The molecule has 0 saturated heterocycles. The highest BCUT2D eigenvalue weighted by atomic mass is 16.5. The predicted molar refractivity (Wildman–Crippen MR) is 105 cm³/mol. The Hall–Kier alpha value is -3.61. The van der Waals surface area contributed by atoms with E-state index in [0.29, 0.717) is 37.1 Å². The molecule has 2 N–H and O–H groups in total. The van der Waals surface area contributed by atoms with E-state index in [9.17, 15) is 4.79 Å². The van der Waals surface area contributed by atoms with Crippen molar-refractivity contribution in [2.75, 3.05) is 6.61 Å². The summed E-state index contributed by atoms with van der Waals surface area (Å²) in [5.41, 5.74) is 1.80. The second-order valence-electron chi connectivity index (χ2n) is 5.88. The van der Waals surface area contributed by atoms with Crippen LogP contribution in [0.15, 0.2) is 67.1 Å². The van der Waals surface area contributed by atoms with Crippen molar-refractivity contribution in [3.05, 3.63) is 78.2 Å². The van der Waals surface area contributed by atoms with Gasteiger partial charge in [-0.15, -0.1) is 0 Å². The Morgan fingerprint density at radius 1 is 0.929 bits per heavy atom. The third-order valence-corrected chi connectivity index (χ3v) is 3.79. The van der Waals surface area contributed by atoms with Crippen molar-refractivity contribution in [3.8, 4) is 17.4 Å². The number of carbonyl (C=O) groups is 1. The van der Waals surface area contributed by atoms with Gasteiger partial charge in [0.05, 0.1) is 6.61 Å². The molecule has 2 aromatic heterocycles. The molecule has 3 aromatic rings. The average Bonchev–Trinajstić information content (AvgIpc) is 2.74. The lowest BCUT2D eigenvalue weighted by Gasteiger charge is -2.11. The minimum absolute atomic E-state index is 0.255. The Labute approximate surface area is 163 Å². The van der Waals surface area contributed by atoms with Gasteiger partial charge in [-0.05, 0) is 36.2 Å². The van der Waals surface area contributed by atoms with Crippen molar-refractivity contribution in [3.63, 3.8) is 0 Å². The van der Waals surface area contributed by atoms with Crippen LogP contribution in [-0.2, 0) is 13.1 Å². The van der Waals surface area contributed by atoms with Crippen molar-refractivity contribution >= 4 is 6.03 Å². The van der Waals surface area contributed by atoms with Gasteiger partial charge in [-0.1, -0.05) is 24.3 Å². The molecule has 0 aliphatic heterocycles. The van der Waals surface area contributed by atoms with E-state index in [1.807, 2.05) is 49.4 Å². The topological polar surface area (TPSA) is 85.4 Å². The van der Waals surface area contributed by atoms with Crippen LogP contribution in [0.25, 0.3) is 0 Å². The van der Waals surface area contributed by atoms with Crippen LogP contribution in [0, 0.1) is 0 Å². The van der Waals surface area contributed by atoms with E-state index in [1.165, 1.54) is 0 Å². The van der Waals surface area contributed by atoms with Gasteiger partial charge in [-0.2, -0.15) is 0 Å². The van der Waals surface area contributed by atoms with E-state index >= 15 is 0 Å². The number of urea groups is 1. The summed E-state index contributed by atoms with van der Waals surface area (Å²) in [5.74, 6) is 1.73. The van der Waals surface area contributed by atoms with Crippen LogP contribution in [0.1, 0.15) is 18.1 Å². The first kappa shape index (κ1) is 19.2. The van der Waals surface area contributed by atoms with E-state index in [4.69, 9.17) is 9.47 Å². The third-order valence-electron chi connectivity index (χ3n) is 3.79. The molecular weight excluding hydrogens is 356 g/mol. The SMILES string of the molecule is CCOc1ccccc1Oc1ccc(CNC(=O)NCc2cccnc2)cn1. The number of carbonyl (C=O) groups excluding carboxylic acids is 1. The summed E-state index contributed by atoms with van der Waals surface area (Å²) >= 11 is 0. The van der Waals surface area contributed by atoms with Gasteiger partial charge in [0.15, 0.2) is 11.5 Å². The standard InChI is InChI=1S/C21H22N4O3/c1-2-27-18-7-3-4-8-19(18)28-20-10-9-17(13-23-20)15-25-21(26)24-14-16-6-5-11-22-12-16/h3-13H,2,14-15H2,1H3,(H2,24,25,26). The van der Waals surface area contributed by atoms with Crippen LogP contribution in [0.4, 0.5) is 4.79 Å². The Bertz CT molecular complexity index is 886. The molecule has 1 aromatic carbocycles. The molecule has 144 valence electrons. The number of para-hydroxylation sites is 2. The lowest BCUT2D eigenvalue weighted by Crippen LogP contribution is -2.34. The maximum absolute atomic E-state index is 11.9. The van der Waals surface area contributed by atoms with Crippen molar-refractivity contribution in [1.29, 1.82) is 0 Å². The van der Waals surface area contributed by atoms with Crippen LogP contribution < -0.4 is 20.1 Å². The highest BCUT2D eigenvalue weighted by Gasteiger charge is 2.06. The average molecular weight is 378 g/mol. The highest BCUT2D eigenvalue weighted by Crippen LogP contribution is 2.30. The molecule has 0 aliphatic rings. The normalized spacial score (nSPS) is 10.2. The Morgan fingerprint density at radius 2 is 1.68 bits per heavy atom. The van der Waals surface area contributed by atoms with E-state index in [1.54, 1.807) is 24.7 Å². The minimum Gasteiger partial charge on any atom is -0.490 e. The molecule has 0 aliphatic carbocycles. The second-order valence-corrected chi connectivity index (χ2v) is 5.88. The van der Waals surface area contributed by atoms with Gasteiger partial charge in [0, 0.05) is 37.7 Å². The predicted octanol–water partition coefficient (Wildman–Crippen LogP) is 3.67. The fourth-order valence-electron chi connectivity index (χ4n) is 2.43. The van der Waals surface area contributed by atoms with Crippen molar-refractivity contribution < 1.29 is 14.3 Å². The lowest BCUT2D eigenvalue weighted by molar-refractivity contribution is 0.240. The van der Waals surface area contributed by atoms with E-state index in [-0.39, 0.29) is 6.03 Å². The molecule has 0 unspecified atom stereocenters. The van der Waals surface area contributed by atoms with Crippen molar-refractivity contribution in [2.45, 2.75) is 20.0 Å². The molecule has 2 heterocycles. The Kier molecular flexibility index (Phi) is 6.78. The van der Waals surface area contributed by atoms with Gasteiger partial charge in [-0.3, -0.25) is 4.98 Å². The number of pyridine rings is 2. The number of ether oxygens (including phenoxy) is 2. The molecule has 28 heavy (non-hydrogen) atoms. The zero-order chi connectivity index (χ0) is 19.6. The molecule has 0 radical (unpaired) electrons. The zero-order valence-electron chi connectivity index (χ0n) is 15.6. The monoisotopic (exact) mass is 378 g/mol. The molecular formula is C21H22N4O3. The third kappa shape index (κ3) is 5.70. The van der Waals surface area contributed by atoms with Crippen LogP contribution >= 0.6 is 0 Å². The molecule has 7 nitrogen and oxygen atoms in total. The summed E-state index contributed by atoms with van der Waals surface area (Å²) in [5, 5.41) is 5.58. The van der Waals surface area contributed by atoms with Gasteiger partial charge < -0.3 is 20.1 Å². The molecule has 2 amide bonds. The van der Waals surface area contributed by atoms with E-state index < -0.39 is 0 Å². The number of benzene rings is 1. The Balaban J connectivity index is 1.48. The second kappa shape index (κ2) is 9.91. The number of hydrogen-bond acceptors (Lipinski definition) is 5. The van der Waals surface area contributed by atoms with Gasteiger partial charge in [-0.25, -0.2) is 9.78 Å². The van der Waals surface area contributed by atoms with Gasteiger partial charge in [0.1, 0.15) is 0 Å². The number of amides is 2. The summed E-state index contributed by atoms with van der Waals surface area (Å²) in [4.78, 5) is 20.2. The smallest absolute Gasteiger partial charge is 0.315 e. The minimum atomic E-state index is -0.255. The maximum atomic E-state index is 11.9. The highest BCUT2D eigenvalue weighted by molar-refractivity contribution is 5.73. The maximum Gasteiger partial charge on any atom is 0.315 e. The van der Waals surface area contributed by atoms with Gasteiger partial charge in [0.25, 0.3) is 0 Å². The molecule has 0 bridgehead atoms. The fourth-order valence-corrected chi connectivity index (χ4v) is 2.43. The lowest BCUT2D eigenvalue weighted by atomic mass is 10.3. The molecule has 0 saturated carbocycles. The van der Waals surface area contributed by atoms with Crippen LogP contribution in [0.3, 0.4) is 0 Å². The first-order valence-corrected chi connectivity index (χ1v) is 9.00.